The van der Waals surface area contributed by atoms with Gasteiger partial charge in [-0.2, -0.15) is 4.73 Å². The second-order valence-corrected chi connectivity index (χ2v) is 6.36. The molecule has 1 atom stereocenters. The molecule has 0 spiro atoms. The van der Waals surface area contributed by atoms with Crippen LogP contribution in [-0.4, -0.2) is 33.7 Å². The molecular weight excluding hydrogens is 351 g/mol. The van der Waals surface area contributed by atoms with E-state index in [0.29, 0.717) is 28.6 Å². The van der Waals surface area contributed by atoms with E-state index >= 15 is 0 Å². The van der Waals surface area contributed by atoms with Gasteiger partial charge in [0.1, 0.15) is 11.9 Å². The Bertz CT molecular complexity index is 940. The Morgan fingerprint density at radius 3 is 2.67 bits per heavy atom. The van der Waals surface area contributed by atoms with Crippen LogP contribution in [0.4, 0.5) is 4.39 Å². The van der Waals surface area contributed by atoms with E-state index in [-0.39, 0.29) is 19.4 Å². The number of aliphatic carboxylic acids is 1. The van der Waals surface area contributed by atoms with Crippen LogP contribution in [0.3, 0.4) is 0 Å². The Hall–Kier alpha value is -2.90. The summed E-state index contributed by atoms with van der Waals surface area (Å²) in [4.78, 5) is 11.0. The zero-order chi connectivity index (χ0) is 19.4. The molecule has 7 heteroatoms. The molecule has 142 valence electrons. The number of halogens is 1. The molecule has 0 aliphatic rings. The van der Waals surface area contributed by atoms with Crippen molar-refractivity contribution in [3.8, 4) is 0 Å². The van der Waals surface area contributed by atoms with Crippen LogP contribution < -0.4 is 5.73 Å². The highest BCUT2D eigenvalue weighted by molar-refractivity contribution is 5.87. The lowest BCUT2D eigenvalue weighted by Crippen LogP contribution is -2.32. The van der Waals surface area contributed by atoms with Crippen LogP contribution in [0.1, 0.15) is 16.7 Å². The number of fused-ring (bicyclic) bond motifs is 1. The Kier molecular flexibility index (Phi) is 5.73. The van der Waals surface area contributed by atoms with Crippen LogP contribution in [0.5, 0.6) is 0 Å². The van der Waals surface area contributed by atoms with Gasteiger partial charge in [-0.05, 0) is 23.3 Å². The summed E-state index contributed by atoms with van der Waals surface area (Å²) < 4.78 is 20.8. The molecule has 1 aromatic heterocycles. The number of nitrogens with two attached hydrogens (primary N) is 1. The summed E-state index contributed by atoms with van der Waals surface area (Å²) in [6, 6.07) is 11.4. The van der Waals surface area contributed by atoms with Crippen molar-refractivity contribution in [1.82, 2.24) is 4.73 Å². The Balaban J connectivity index is 1.77. The van der Waals surface area contributed by atoms with Gasteiger partial charge in [-0.3, -0.25) is 4.79 Å². The molecule has 1 unspecified atom stereocenters. The molecule has 27 heavy (non-hydrogen) atoms. The predicted molar refractivity (Wildman–Crippen MR) is 98.2 cm³/mol. The van der Waals surface area contributed by atoms with Gasteiger partial charge in [0, 0.05) is 30.0 Å². The number of carboxylic acid groups (broad SMARTS) is 1. The topological polar surface area (TPSA) is 97.7 Å². The number of hydrogen-bond donors (Lipinski definition) is 3. The maximum atomic E-state index is 14.4. The highest BCUT2D eigenvalue weighted by Gasteiger charge is 2.19. The van der Waals surface area contributed by atoms with Crippen molar-refractivity contribution in [3.63, 3.8) is 0 Å². The third-order valence-corrected chi connectivity index (χ3v) is 4.44. The summed E-state index contributed by atoms with van der Waals surface area (Å²) in [7, 11) is 0. The molecule has 0 amide bonds. The maximum Gasteiger partial charge on any atom is 0.320 e. The molecule has 0 saturated heterocycles. The summed E-state index contributed by atoms with van der Waals surface area (Å²) in [5, 5.41) is 19.8. The van der Waals surface area contributed by atoms with Crippen LogP contribution in [0.2, 0.25) is 0 Å². The van der Waals surface area contributed by atoms with E-state index in [9.17, 15) is 14.4 Å². The van der Waals surface area contributed by atoms with Crippen LogP contribution in [0.15, 0.2) is 48.7 Å². The fraction of sp³-hybridized carbons (Fsp3) is 0.250. The summed E-state index contributed by atoms with van der Waals surface area (Å²) in [6.07, 6.45) is 1.68. The zero-order valence-electron chi connectivity index (χ0n) is 14.6. The lowest BCUT2D eigenvalue weighted by molar-refractivity contribution is -0.138. The van der Waals surface area contributed by atoms with Crippen molar-refractivity contribution in [3.05, 3.63) is 71.2 Å². The van der Waals surface area contributed by atoms with E-state index in [4.69, 9.17) is 15.6 Å². The Labute approximate surface area is 155 Å². The van der Waals surface area contributed by atoms with Crippen LogP contribution >= 0.6 is 0 Å². The first-order chi connectivity index (χ1) is 13.0. The quantitative estimate of drug-likeness (QED) is 0.417. The molecule has 0 saturated carbocycles. The van der Waals surface area contributed by atoms with E-state index in [1.54, 1.807) is 0 Å². The molecule has 0 bridgehead atoms. The first-order valence-corrected chi connectivity index (χ1v) is 8.58. The smallest absolute Gasteiger partial charge is 0.320 e. The molecule has 6 nitrogen and oxygen atoms in total. The number of aromatic nitrogens is 1. The molecule has 2 aromatic carbocycles. The van der Waals surface area contributed by atoms with Crippen molar-refractivity contribution in [1.29, 1.82) is 0 Å². The van der Waals surface area contributed by atoms with Gasteiger partial charge in [-0.15, -0.1) is 0 Å². The minimum atomic E-state index is -1.13. The lowest BCUT2D eigenvalue weighted by Gasteiger charge is -2.09. The number of carbonyl (C=O) groups is 1. The zero-order valence-corrected chi connectivity index (χ0v) is 14.6. The summed E-state index contributed by atoms with van der Waals surface area (Å²) in [6.45, 7) is 0.692. The van der Waals surface area contributed by atoms with Crippen LogP contribution in [0.25, 0.3) is 10.9 Å². The summed E-state index contributed by atoms with van der Waals surface area (Å²) in [5.74, 6) is -1.58. The van der Waals surface area contributed by atoms with Gasteiger partial charge in [0.25, 0.3) is 0 Å². The first kappa shape index (κ1) is 18.9. The first-order valence-electron chi connectivity index (χ1n) is 8.58. The highest BCUT2D eigenvalue weighted by atomic mass is 19.1. The van der Waals surface area contributed by atoms with Crippen molar-refractivity contribution in [2.75, 3.05) is 6.61 Å². The number of rotatable bonds is 8. The Morgan fingerprint density at radius 1 is 1.22 bits per heavy atom. The van der Waals surface area contributed by atoms with Crippen molar-refractivity contribution >= 4 is 16.9 Å². The average molecular weight is 372 g/mol. The molecular formula is C20H21FN2O4. The van der Waals surface area contributed by atoms with Crippen LogP contribution in [0, 0.1) is 5.82 Å². The SMILES string of the molecule is NC(Cc1cn(O)c2c(CCOCc3ccccc3)c(F)ccc12)C(=O)O. The van der Waals surface area contributed by atoms with Crippen molar-refractivity contribution < 1.29 is 24.2 Å². The predicted octanol–water partition coefficient (Wildman–Crippen LogP) is 2.73. The average Bonchev–Trinajstić information content (AvgIpc) is 2.96. The number of nitrogens with zero attached hydrogens (tertiary/aromatic N) is 1. The van der Waals surface area contributed by atoms with Gasteiger partial charge < -0.3 is 20.8 Å². The fourth-order valence-corrected chi connectivity index (χ4v) is 3.08. The molecule has 3 aromatic rings. The summed E-state index contributed by atoms with van der Waals surface area (Å²) in [5.41, 5.74) is 7.78. The number of ether oxygens (including phenoxy) is 1. The van der Waals surface area contributed by atoms with E-state index in [2.05, 4.69) is 0 Å². The third kappa shape index (κ3) is 4.27. The Morgan fingerprint density at radius 2 is 1.96 bits per heavy atom. The molecule has 4 N–H and O–H groups in total. The molecule has 0 fully saturated rings. The largest absolute Gasteiger partial charge is 0.480 e. The van der Waals surface area contributed by atoms with E-state index in [1.165, 1.54) is 18.3 Å². The second-order valence-electron chi connectivity index (χ2n) is 6.36. The summed E-state index contributed by atoms with van der Waals surface area (Å²) >= 11 is 0. The van der Waals surface area contributed by atoms with Gasteiger partial charge in [0.15, 0.2) is 0 Å². The minimum Gasteiger partial charge on any atom is -0.480 e. The molecule has 0 aliphatic carbocycles. The molecule has 0 aliphatic heterocycles. The lowest BCUT2D eigenvalue weighted by atomic mass is 10.0. The van der Waals surface area contributed by atoms with Crippen LogP contribution in [-0.2, 0) is 29.0 Å². The minimum absolute atomic E-state index is 0.0367. The van der Waals surface area contributed by atoms with Crippen molar-refractivity contribution in [2.45, 2.75) is 25.5 Å². The third-order valence-electron chi connectivity index (χ3n) is 4.44. The van der Waals surface area contributed by atoms with Gasteiger partial charge in [-0.1, -0.05) is 30.3 Å². The normalized spacial score (nSPS) is 12.4. The number of benzene rings is 2. The van der Waals surface area contributed by atoms with Gasteiger partial charge in [0.2, 0.25) is 0 Å². The monoisotopic (exact) mass is 372 g/mol. The fourth-order valence-electron chi connectivity index (χ4n) is 3.08. The van der Waals surface area contributed by atoms with E-state index < -0.39 is 17.8 Å². The molecule has 3 rings (SSSR count). The number of hydrogen-bond acceptors (Lipinski definition) is 4. The highest BCUT2D eigenvalue weighted by Crippen LogP contribution is 2.27. The molecule has 0 radical (unpaired) electrons. The molecule has 1 heterocycles. The van der Waals surface area contributed by atoms with Gasteiger partial charge in [0.05, 0.1) is 18.7 Å². The van der Waals surface area contributed by atoms with E-state index in [1.807, 2.05) is 30.3 Å². The van der Waals surface area contributed by atoms with E-state index in [0.717, 1.165) is 10.3 Å². The number of carboxylic acids is 1. The van der Waals surface area contributed by atoms with Gasteiger partial charge in [-0.25, -0.2) is 4.39 Å². The standard InChI is InChI=1S/C20H21FN2O4/c21-17-7-6-15-14(10-18(22)20(24)25)11-23(26)19(15)16(17)8-9-27-12-13-4-2-1-3-5-13/h1-7,11,18,26H,8-10,12,22H2,(H,24,25). The van der Waals surface area contributed by atoms with Crippen molar-refractivity contribution in [2.24, 2.45) is 5.73 Å². The maximum absolute atomic E-state index is 14.4. The van der Waals surface area contributed by atoms with Gasteiger partial charge >= 0.3 is 5.97 Å². The second kappa shape index (κ2) is 8.20.